The summed E-state index contributed by atoms with van der Waals surface area (Å²) in [6, 6.07) is 0. The first-order valence-corrected chi connectivity index (χ1v) is 2.78. The van der Waals surface area contributed by atoms with Gasteiger partial charge in [-0.2, -0.15) is 0 Å². The van der Waals surface area contributed by atoms with Crippen molar-refractivity contribution in [2.24, 2.45) is 0 Å². The molecule has 0 saturated carbocycles. The number of hydrogen-bond acceptors (Lipinski definition) is 2. The molecule has 0 aliphatic rings. The molecule has 0 spiro atoms. The van der Waals surface area contributed by atoms with Gasteiger partial charge >= 0.3 is 0 Å². The van der Waals surface area contributed by atoms with Crippen LogP contribution in [-0.4, -0.2) is 50.8 Å². The van der Waals surface area contributed by atoms with Crippen LogP contribution in [0.1, 0.15) is 7.43 Å². The first-order chi connectivity index (χ1) is 4.54. The highest BCUT2D eigenvalue weighted by Crippen LogP contribution is 1.52. The molecule has 0 atom stereocenters. The molecule has 0 aromatic rings. The van der Waals surface area contributed by atoms with Crippen molar-refractivity contribution < 1.29 is 9.59 Å². The Morgan fingerprint density at radius 3 is 0.909 bits per heavy atom. The van der Waals surface area contributed by atoms with Crippen LogP contribution in [-0.2, 0) is 9.59 Å². The molecule has 0 aliphatic carbocycles. The average molecular weight is 162 g/mol. The Labute approximate surface area is 68.8 Å². The molecular weight excluding hydrogens is 144 g/mol. The Balaban J connectivity index is -0.000000107. The molecule has 0 aliphatic heterocycles. The largest absolute Gasteiger partial charge is 0.351 e. The normalized spacial score (nSPS) is 6.18. The maximum Gasteiger partial charge on any atom is 0.209 e. The Morgan fingerprint density at radius 1 is 0.818 bits per heavy atom. The van der Waals surface area contributed by atoms with E-state index in [-0.39, 0.29) is 7.43 Å². The van der Waals surface area contributed by atoms with Gasteiger partial charge in [-0.05, 0) is 0 Å². The van der Waals surface area contributed by atoms with Crippen LogP contribution in [0, 0.1) is 0 Å². The molecule has 0 rings (SSSR count). The summed E-state index contributed by atoms with van der Waals surface area (Å²) in [6.07, 6.45) is 1.50. The fourth-order valence-corrected chi connectivity index (χ4v) is 0. The second kappa shape index (κ2) is 11.7. The zero-order valence-corrected chi connectivity index (χ0v) is 6.87. The Morgan fingerprint density at radius 2 is 0.909 bits per heavy atom. The van der Waals surface area contributed by atoms with E-state index in [0.29, 0.717) is 0 Å². The van der Waals surface area contributed by atoms with Gasteiger partial charge in [0.1, 0.15) is 0 Å². The topological polar surface area (TPSA) is 40.6 Å². The minimum atomic E-state index is 0. The molecule has 0 heterocycles. The van der Waals surface area contributed by atoms with E-state index in [1.807, 2.05) is 0 Å². The van der Waals surface area contributed by atoms with E-state index in [1.165, 1.54) is 9.80 Å². The molecular formula is C7H18N2O2. The first kappa shape index (κ1) is 16.5. The number of nitrogens with zero attached hydrogens (tertiary/aromatic N) is 2. The van der Waals surface area contributed by atoms with Gasteiger partial charge in [0.15, 0.2) is 0 Å². The summed E-state index contributed by atoms with van der Waals surface area (Å²) >= 11 is 0. The lowest BCUT2D eigenvalue weighted by Gasteiger charge is -1.93. The van der Waals surface area contributed by atoms with Crippen molar-refractivity contribution in [1.82, 2.24) is 9.80 Å². The van der Waals surface area contributed by atoms with Gasteiger partial charge in [-0.3, -0.25) is 9.59 Å². The number of hydrogen-bond donors (Lipinski definition) is 0. The lowest BCUT2D eigenvalue weighted by atomic mass is 11.0. The number of carbonyl (C=O) groups excluding carboxylic acids is 2. The average Bonchev–Trinajstić information content (AvgIpc) is 1.89. The molecule has 4 nitrogen and oxygen atoms in total. The van der Waals surface area contributed by atoms with Crippen LogP contribution >= 0.6 is 0 Å². The third-order valence-electron chi connectivity index (χ3n) is 0.422. The second-order valence-corrected chi connectivity index (χ2v) is 2.14. The first-order valence-electron chi connectivity index (χ1n) is 2.78. The molecule has 2 amide bonds. The van der Waals surface area contributed by atoms with Crippen molar-refractivity contribution in [2.45, 2.75) is 7.43 Å². The summed E-state index contributed by atoms with van der Waals surface area (Å²) in [5.74, 6) is 0. The van der Waals surface area contributed by atoms with E-state index >= 15 is 0 Å². The van der Waals surface area contributed by atoms with Crippen LogP contribution in [0.15, 0.2) is 0 Å². The summed E-state index contributed by atoms with van der Waals surface area (Å²) in [6.45, 7) is 0. The van der Waals surface area contributed by atoms with E-state index in [9.17, 15) is 9.59 Å². The SMILES string of the molecule is C.CN(C)C=O.CN(C)C=O. The third-order valence-corrected chi connectivity index (χ3v) is 0.422. The quantitative estimate of drug-likeness (QED) is 0.538. The zero-order chi connectivity index (χ0) is 8.57. The van der Waals surface area contributed by atoms with E-state index in [4.69, 9.17) is 0 Å². The van der Waals surface area contributed by atoms with Gasteiger partial charge in [-0.1, -0.05) is 7.43 Å². The van der Waals surface area contributed by atoms with Gasteiger partial charge in [-0.15, -0.1) is 0 Å². The van der Waals surface area contributed by atoms with Crippen molar-refractivity contribution in [3.63, 3.8) is 0 Å². The third kappa shape index (κ3) is 49.8. The highest BCUT2D eigenvalue weighted by Gasteiger charge is 1.68. The fraction of sp³-hybridized carbons (Fsp3) is 0.714. The van der Waals surface area contributed by atoms with Crippen LogP contribution in [0.4, 0.5) is 0 Å². The summed E-state index contributed by atoms with van der Waals surface area (Å²) in [5, 5.41) is 0. The van der Waals surface area contributed by atoms with Crippen molar-refractivity contribution in [3.8, 4) is 0 Å². The smallest absolute Gasteiger partial charge is 0.209 e. The highest BCUT2D eigenvalue weighted by atomic mass is 16.1. The molecule has 0 saturated heterocycles. The van der Waals surface area contributed by atoms with Gasteiger partial charge in [0.25, 0.3) is 0 Å². The maximum atomic E-state index is 9.43. The molecule has 0 aromatic carbocycles. The van der Waals surface area contributed by atoms with E-state index in [1.54, 1.807) is 28.2 Å². The predicted molar refractivity (Wildman–Crippen MR) is 46.2 cm³/mol. The number of rotatable bonds is 2. The van der Waals surface area contributed by atoms with E-state index in [2.05, 4.69) is 0 Å². The van der Waals surface area contributed by atoms with Gasteiger partial charge in [0.05, 0.1) is 0 Å². The fourth-order valence-electron chi connectivity index (χ4n) is 0. The highest BCUT2D eigenvalue weighted by molar-refractivity contribution is 5.45. The Bertz CT molecular complexity index is 80.4. The Kier molecular flexibility index (Phi) is 17.5. The summed E-state index contributed by atoms with van der Waals surface area (Å²) in [7, 11) is 6.75. The van der Waals surface area contributed by atoms with Crippen molar-refractivity contribution >= 4 is 12.8 Å². The molecule has 0 bridgehead atoms. The van der Waals surface area contributed by atoms with Crippen LogP contribution < -0.4 is 0 Å². The molecule has 0 fully saturated rings. The lowest BCUT2D eigenvalue weighted by molar-refractivity contribution is -0.116. The molecule has 0 N–H and O–H groups in total. The zero-order valence-electron chi connectivity index (χ0n) is 6.87. The summed E-state index contributed by atoms with van der Waals surface area (Å²) in [4.78, 5) is 21.8. The summed E-state index contributed by atoms with van der Waals surface area (Å²) in [5.41, 5.74) is 0. The van der Waals surface area contributed by atoms with Crippen LogP contribution in [0.25, 0.3) is 0 Å². The minimum Gasteiger partial charge on any atom is -0.351 e. The number of carbonyl (C=O) groups is 2. The maximum absolute atomic E-state index is 9.43. The second-order valence-electron chi connectivity index (χ2n) is 2.14. The molecule has 68 valence electrons. The van der Waals surface area contributed by atoms with Crippen molar-refractivity contribution in [3.05, 3.63) is 0 Å². The van der Waals surface area contributed by atoms with E-state index < -0.39 is 0 Å². The molecule has 0 radical (unpaired) electrons. The van der Waals surface area contributed by atoms with Crippen LogP contribution in [0.5, 0.6) is 0 Å². The monoisotopic (exact) mass is 162 g/mol. The predicted octanol–water partition coefficient (Wildman–Crippen LogP) is 0.0449. The van der Waals surface area contributed by atoms with Crippen molar-refractivity contribution in [1.29, 1.82) is 0 Å². The van der Waals surface area contributed by atoms with Gasteiger partial charge < -0.3 is 9.80 Å². The molecule has 11 heavy (non-hydrogen) atoms. The lowest BCUT2D eigenvalue weighted by Crippen LogP contribution is -2.06. The van der Waals surface area contributed by atoms with Crippen molar-refractivity contribution in [2.75, 3.05) is 28.2 Å². The molecule has 4 heteroatoms. The van der Waals surface area contributed by atoms with Crippen LogP contribution in [0.3, 0.4) is 0 Å². The Hall–Kier alpha value is -1.06. The molecule has 0 aromatic heterocycles. The summed E-state index contributed by atoms with van der Waals surface area (Å²) < 4.78 is 0. The number of amides is 2. The van der Waals surface area contributed by atoms with E-state index in [0.717, 1.165) is 12.8 Å². The van der Waals surface area contributed by atoms with Gasteiger partial charge in [-0.25, -0.2) is 0 Å². The minimum absolute atomic E-state index is 0. The van der Waals surface area contributed by atoms with Gasteiger partial charge in [0, 0.05) is 28.2 Å². The standard InChI is InChI=1S/2C3H7NO.CH4/c2*1-4(2)3-5;/h2*3H,1-2H3;1H4. The molecule has 0 unspecified atom stereocenters. The van der Waals surface area contributed by atoms with Gasteiger partial charge in [0.2, 0.25) is 12.8 Å². The van der Waals surface area contributed by atoms with Crippen LogP contribution in [0.2, 0.25) is 0 Å².